The maximum absolute atomic E-state index is 12.0. The largest absolute Gasteiger partial charge is 0.453 e. The Morgan fingerprint density at radius 1 is 1.29 bits per heavy atom. The molecule has 0 spiro atoms. The fraction of sp³-hybridized carbons (Fsp3) is 0.400. The number of nitrogens with zero attached hydrogens (tertiary/aromatic N) is 7. The molecule has 1 aliphatic rings. The number of rotatable bonds is 9. The molecule has 3 aromatic rings. The number of nitrogens with two attached hydrogens (primary N) is 1. The summed E-state index contributed by atoms with van der Waals surface area (Å²) >= 11 is 6.88. The number of aromatic nitrogens is 4. The number of halogens is 1. The van der Waals surface area contributed by atoms with Gasteiger partial charge >= 0.3 is 6.09 Å². The molecule has 0 saturated carbocycles. The number of anilines is 4. The Morgan fingerprint density at radius 2 is 2.07 bits per heavy atom. The van der Waals surface area contributed by atoms with E-state index in [0.29, 0.717) is 59.5 Å². The van der Waals surface area contributed by atoms with E-state index < -0.39 is 24.1 Å². The normalized spacial score (nSPS) is 17.3. The first-order valence-corrected chi connectivity index (χ1v) is 13.1. The third-order valence-corrected chi connectivity index (χ3v) is 6.98. The van der Waals surface area contributed by atoms with Crippen molar-refractivity contribution in [1.82, 2.24) is 30.2 Å². The molecule has 0 radical (unpaired) electrons. The van der Waals surface area contributed by atoms with Crippen molar-refractivity contribution >= 4 is 52.4 Å². The van der Waals surface area contributed by atoms with Crippen LogP contribution in [0.2, 0.25) is 5.02 Å². The Kier molecular flexibility index (Phi) is 8.91. The SMILES string of the molecule is CCNc1nc(Nc2cc(C#N)cc(N3CC[C@@H](NC(=O)OC)[C@H](N[C@@H](C)C(N)=O)C3)c2Cl)nn2c(C#N)cnc12. The second kappa shape index (κ2) is 12.5. The van der Waals surface area contributed by atoms with Crippen LogP contribution in [-0.2, 0) is 9.53 Å². The summed E-state index contributed by atoms with van der Waals surface area (Å²) in [5.74, 6) is -0.0000575. The third kappa shape index (κ3) is 6.32. The molecule has 41 heavy (non-hydrogen) atoms. The van der Waals surface area contributed by atoms with Crippen LogP contribution in [0.5, 0.6) is 0 Å². The number of benzene rings is 1. The summed E-state index contributed by atoms with van der Waals surface area (Å²) in [4.78, 5) is 34.4. The minimum absolute atomic E-state index is 0.127. The average molecular weight is 581 g/mol. The number of alkyl carbamates (subject to hydrolysis) is 1. The first-order valence-electron chi connectivity index (χ1n) is 12.7. The lowest BCUT2D eigenvalue weighted by molar-refractivity contribution is -0.119. The zero-order chi connectivity index (χ0) is 29.7. The lowest BCUT2D eigenvalue weighted by atomic mass is 9.97. The molecule has 4 rings (SSSR count). The van der Waals surface area contributed by atoms with Gasteiger partial charge in [0.05, 0.1) is 53.4 Å². The van der Waals surface area contributed by atoms with Gasteiger partial charge in [-0.3, -0.25) is 10.1 Å². The van der Waals surface area contributed by atoms with Crippen LogP contribution in [-0.4, -0.2) is 76.5 Å². The van der Waals surface area contributed by atoms with Gasteiger partial charge in [-0.1, -0.05) is 11.6 Å². The molecule has 214 valence electrons. The molecule has 0 unspecified atom stereocenters. The minimum Gasteiger partial charge on any atom is -0.453 e. The molecule has 1 fully saturated rings. The summed E-state index contributed by atoms with van der Waals surface area (Å²) in [7, 11) is 1.28. The number of piperidine rings is 1. The standard InChI is InChI=1S/C25H29ClN12O3/c1-4-30-22-23-31-11-15(10-28)38(23)36-24(35-22)33-17-7-14(9-27)8-19(20(17)26)37-6-5-16(34-25(40)41-3)18(12-37)32-13(2)21(29)39/h7-8,11,13,16,18,32H,4-6,12H2,1-3H3,(H2,29,39)(H,34,40)(H2,30,33,35,36)/t13-,16+,18+/m0/s1. The van der Waals surface area contributed by atoms with E-state index in [1.54, 1.807) is 19.1 Å². The summed E-state index contributed by atoms with van der Waals surface area (Å²) in [5, 5.41) is 36.1. The highest BCUT2D eigenvalue weighted by molar-refractivity contribution is 6.36. The molecule has 1 aliphatic heterocycles. The first kappa shape index (κ1) is 29.1. The van der Waals surface area contributed by atoms with Crippen LogP contribution in [0.1, 0.15) is 31.5 Å². The molecule has 3 heterocycles. The number of carbonyl (C=O) groups is 2. The van der Waals surface area contributed by atoms with Crippen molar-refractivity contribution < 1.29 is 14.3 Å². The molecule has 1 saturated heterocycles. The Morgan fingerprint density at radius 3 is 2.73 bits per heavy atom. The van der Waals surface area contributed by atoms with Gasteiger partial charge in [-0.25, -0.2) is 9.78 Å². The number of carbonyl (C=O) groups excluding carboxylic acids is 2. The van der Waals surface area contributed by atoms with E-state index in [1.807, 2.05) is 17.9 Å². The predicted octanol–water partition coefficient (Wildman–Crippen LogP) is 1.46. The topological polar surface area (TPSA) is 211 Å². The highest BCUT2D eigenvalue weighted by Gasteiger charge is 2.33. The number of hydrogen-bond acceptors (Lipinski definition) is 12. The van der Waals surface area contributed by atoms with E-state index in [1.165, 1.54) is 17.8 Å². The van der Waals surface area contributed by atoms with Crippen molar-refractivity contribution in [2.24, 2.45) is 5.73 Å². The molecule has 0 aliphatic carbocycles. The number of imidazole rings is 1. The number of ether oxygens (including phenoxy) is 1. The lowest BCUT2D eigenvalue weighted by Gasteiger charge is -2.41. The molecule has 15 nitrogen and oxygen atoms in total. The van der Waals surface area contributed by atoms with Gasteiger partial charge in [-0.05, 0) is 32.4 Å². The van der Waals surface area contributed by atoms with Gasteiger partial charge in [0.25, 0.3) is 0 Å². The van der Waals surface area contributed by atoms with Gasteiger partial charge in [-0.2, -0.15) is 20.0 Å². The average Bonchev–Trinajstić information content (AvgIpc) is 3.38. The van der Waals surface area contributed by atoms with Crippen LogP contribution in [0.25, 0.3) is 5.65 Å². The summed E-state index contributed by atoms with van der Waals surface area (Å²) in [5.41, 5.74) is 7.32. The van der Waals surface area contributed by atoms with Gasteiger partial charge in [0.15, 0.2) is 17.2 Å². The van der Waals surface area contributed by atoms with E-state index in [9.17, 15) is 20.1 Å². The number of hydrogen-bond donors (Lipinski definition) is 5. The fourth-order valence-electron chi connectivity index (χ4n) is 4.54. The third-order valence-electron chi connectivity index (χ3n) is 6.58. The fourth-order valence-corrected chi connectivity index (χ4v) is 4.81. The molecule has 6 N–H and O–H groups in total. The zero-order valence-corrected chi connectivity index (χ0v) is 23.4. The summed E-state index contributed by atoms with van der Waals surface area (Å²) in [6.07, 6.45) is 1.29. The number of primary amides is 1. The van der Waals surface area contributed by atoms with Gasteiger partial charge in [0, 0.05) is 25.7 Å². The summed E-state index contributed by atoms with van der Waals surface area (Å²) in [6.45, 7) is 4.89. The predicted molar refractivity (Wildman–Crippen MR) is 151 cm³/mol. The number of nitriles is 2. The molecular weight excluding hydrogens is 552 g/mol. The van der Waals surface area contributed by atoms with Gasteiger partial charge in [0.1, 0.15) is 6.07 Å². The van der Waals surface area contributed by atoms with Gasteiger partial charge in [0.2, 0.25) is 11.9 Å². The van der Waals surface area contributed by atoms with Crippen LogP contribution in [0.3, 0.4) is 0 Å². The second-order valence-electron chi connectivity index (χ2n) is 9.27. The first-order chi connectivity index (χ1) is 19.7. The highest BCUT2D eigenvalue weighted by Crippen LogP contribution is 2.37. The van der Waals surface area contributed by atoms with Crippen LogP contribution < -0.4 is 31.9 Å². The van der Waals surface area contributed by atoms with E-state index in [0.717, 1.165) is 0 Å². The van der Waals surface area contributed by atoms with Crippen molar-refractivity contribution in [2.75, 3.05) is 42.3 Å². The Hall–Kier alpha value is -4.86. The van der Waals surface area contributed by atoms with Crippen LogP contribution in [0.15, 0.2) is 18.3 Å². The Bertz CT molecular complexity index is 1550. The maximum atomic E-state index is 12.0. The zero-order valence-electron chi connectivity index (χ0n) is 22.6. The van der Waals surface area contributed by atoms with E-state index in [2.05, 4.69) is 42.4 Å². The molecule has 3 atom stereocenters. The Labute approximate surface area is 240 Å². The van der Waals surface area contributed by atoms with Crippen molar-refractivity contribution in [3.05, 3.63) is 34.6 Å². The maximum Gasteiger partial charge on any atom is 0.407 e. The number of amides is 2. The lowest BCUT2D eigenvalue weighted by Crippen LogP contribution is -2.62. The highest BCUT2D eigenvalue weighted by atomic mass is 35.5. The monoisotopic (exact) mass is 580 g/mol. The number of methoxy groups -OCH3 is 1. The van der Waals surface area contributed by atoms with Crippen molar-refractivity contribution in [1.29, 1.82) is 10.5 Å². The van der Waals surface area contributed by atoms with Crippen LogP contribution in [0, 0.1) is 22.7 Å². The second-order valence-corrected chi connectivity index (χ2v) is 9.65. The van der Waals surface area contributed by atoms with Crippen molar-refractivity contribution in [3.8, 4) is 12.1 Å². The smallest absolute Gasteiger partial charge is 0.407 e. The summed E-state index contributed by atoms with van der Waals surface area (Å²) < 4.78 is 6.13. The summed E-state index contributed by atoms with van der Waals surface area (Å²) in [6, 6.07) is 6.00. The number of fused-ring (bicyclic) bond motifs is 1. The molecule has 16 heteroatoms. The van der Waals surface area contributed by atoms with Crippen LogP contribution >= 0.6 is 11.6 Å². The molecule has 1 aromatic carbocycles. The quantitative estimate of drug-likeness (QED) is 0.243. The molecular formula is C25H29ClN12O3. The van der Waals surface area contributed by atoms with E-state index >= 15 is 0 Å². The molecule has 2 aromatic heterocycles. The van der Waals surface area contributed by atoms with Crippen molar-refractivity contribution in [3.63, 3.8) is 0 Å². The molecule has 0 bridgehead atoms. The van der Waals surface area contributed by atoms with Gasteiger partial charge < -0.3 is 31.3 Å². The van der Waals surface area contributed by atoms with Gasteiger partial charge in [-0.15, -0.1) is 5.10 Å². The Balaban J connectivity index is 1.69. The molecule has 2 amide bonds. The van der Waals surface area contributed by atoms with E-state index in [-0.39, 0.29) is 17.7 Å². The number of nitrogens with one attached hydrogen (secondary N) is 4. The van der Waals surface area contributed by atoms with Crippen LogP contribution in [0.4, 0.5) is 27.9 Å². The van der Waals surface area contributed by atoms with E-state index in [4.69, 9.17) is 22.1 Å². The minimum atomic E-state index is -0.667. The van der Waals surface area contributed by atoms with Crippen molar-refractivity contribution in [2.45, 2.75) is 38.4 Å².